The van der Waals surface area contributed by atoms with Gasteiger partial charge < -0.3 is 10.5 Å². The average molecular weight is 315 g/mol. The van der Waals surface area contributed by atoms with Gasteiger partial charge in [0.25, 0.3) is 0 Å². The molecule has 0 aliphatic heterocycles. The second-order valence-corrected chi connectivity index (χ2v) is 5.39. The number of nitrogen functional groups attached to an aromatic ring is 1. The minimum absolute atomic E-state index is 0.356. The van der Waals surface area contributed by atoms with Crippen LogP contribution in [-0.4, -0.2) is 18.3 Å². The normalized spacial score (nSPS) is 11.4. The van der Waals surface area contributed by atoms with Crippen molar-refractivity contribution in [3.63, 3.8) is 0 Å². The predicted molar refractivity (Wildman–Crippen MR) is 95.7 cm³/mol. The van der Waals surface area contributed by atoms with E-state index in [1.165, 1.54) is 6.08 Å². The van der Waals surface area contributed by atoms with E-state index in [9.17, 15) is 4.79 Å². The zero-order valence-electron chi connectivity index (χ0n) is 12.7. The minimum atomic E-state index is -0.372. The summed E-state index contributed by atoms with van der Waals surface area (Å²) >= 11 is 1.67. The van der Waals surface area contributed by atoms with E-state index in [1.54, 1.807) is 30.8 Å². The lowest BCUT2D eigenvalue weighted by molar-refractivity contribution is -0.137. The first-order valence-corrected chi connectivity index (χ1v) is 7.90. The molecule has 22 heavy (non-hydrogen) atoms. The Morgan fingerprint density at radius 3 is 2.82 bits per heavy atom. The van der Waals surface area contributed by atoms with Gasteiger partial charge in [-0.25, -0.2) is 4.79 Å². The molecule has 1 aromatic rings. The Bertz CT molecular complexity index is 603. The summed E-state index contributed by atoms with van der Waals surface area (Å²) in [7, 11) is 0. The summed E-state index contributed by atoms with van der Waals surface area (Å²) < 4.78 is 4.85. The molecular formula is C18H21NO2S. The molecule has 0 aliphatic rings. The van der Waals surface area contributed by atoms with Crippen molar-refractivity contribution in [2.75, 3.05) is 18.1 Å². The number of rotatable bonds is 8. The zero-order valence-corrected chi connectivity index (χ0v) is 13.6. The highest BCUT2D eigenvalue weighted by Crippen LogP contribution is 2.25. The van der Waals surface area contributed by atoms with Gasteiger partial charge in [0.15, 0.2) is 0 Å². The molecule has 0 aliphatic carbocycles. The molecule has 2 N–H and O–H groups in total. The van der Waals surface area contributed by atoms with E-state index < -0.39 is 0 Å². The topological polar surface area (TPSA) is 52.3 Å². The Hall–Kier alpha value is -2.20. The van der Waals surface area contributed by atoms with Gasteiger partial charge in [-0.15, -0.1) is 11.8 Å². The summed E-state index contributed by atoms with van der Waals surface area (Å²) in [5.74, 6) is 0.420. The molecule has 0 amide bonds. The largest absolute Gasteiger partial charge is 0.463 e. The van der Waals surface area contributed by atoms with Crippen molar-refractivity contribution in [1.29, 1.82) is 0 Å². The standard InChI is InChI=1S/C18H21NO2S/c1-4-7-14(5-2)13-22-16-9-10-17(19)15(12-16)8-11-18(20)21-6-3/h4-5,7-12H,1-2,6,13,19H2,3H3/b11-8+,14-7+. The average Bonchev–Trinajstić information content (AvgIpc) is 2.51. The maximum Gasteiger partial charge on any atom is 0.330 e. The van der Waals surface area contributed by atoms with E-state index in [0.29, 0.717) is 12.3 Å². The highest BCUT2D eigenvalue weighted by molar-refractivity contribution is 7.99. The van der Waals surface area contributed by atoms with E-state index in [4.69, 9.17) is 10.5 Å². The molecular weight excluding hydrogens is 294 g/mol. The SMILES string of the molecule is C=C/C=C(\C=C)CSc1ccc(N)c(/C=C/C(=O)OCC)c1. The summed E-state index contributed by atoms with van der Waals surface area (Å²) in [4.78, 5) is 12.4. The van der Waals surface area contributed by atoms with Gasteiger partial charge in [-0.05, 0) is 42.3 Å². The Balaban J connectivity index is 2.81. The summed E-state index contributed by atoms with van der Waals surface area (Å²) in [6.45, 7) is 9.58. The summed E-state index contributed by atoms with van der Waals surface area (Å²) in [6.07, 6.45) is 8.54. The van der Waals surface area contributed by atoms with Crippen molar-refractivity contribution in [3.05, 3.63) is 66.8 Å². The molecule has 0 atom stereocenters. The molecule has 0 bridgehead atoms. The highest BCUT2D eigenvalue weighted by atomic mass is 32.2. The van der Waals surface area contributed by atoms with Crippen LogP contribution in [0.25, 0.3) is 6.08 Å². The first-order valence-electron chi connectivity index (χ1n) is 6.91. The zero-order chi connectivity index (χ0) is 16.4. The van der Waals surface area contributed by atoms with Crippen LogP contribution in [0.2, 0.25) is 0 Å². The van der Waals surface area contributed by atoms with Crippen LogP contribution in [0.3, 0.4) is 0 Å². The van der Waals surface area contributed by atoms with Crippen molar-refractivity contribution in [2.45, 2.75) is 11.8 Å². The molecule has 0 unspecified atom stereocenters. The molecule has 0 saturated heterocycles. The number of carbonyl (C=O) groups excluding carboxylic acids is 1. The van der Waals surface area contributed by atoms with Crippen LogP contribution in [0.1, 0.15) is 12.5 Å². The number of ether oxygens (including phenoxy) is 1. The first kappa shape index (κ1) is 17.9. The molecule has 116 valence electrons. The second-order valence-electron chi connectivity index (χ2n) is 4.35. The number of hydrogen-bond donors (Lipinski definition) is 1. The van der Waals surface area contributed by atoms with Crippen molar-refractivity contribution in [3.8, 4) is 0 Å². The Labute approximate surface area is 136 Å². The van der Waals surface area contributed by atoms with Crippen LogP contribution >= 0.6 is 11.8 Å². The van der Waals surface area contributed by atoms with Gasteiger partial charge in [0.1, 0.15) is 0 Å². The fourth-order valence-electron chi connectivity index (χ4n) is 1.63. The molecule has 0 fully saturated rings. The second kappa shape index (κ2) is 9.68. The minimum Gasteiger partial charge on any atom is -0.463 e. The molecule has 1 rings (SSSR count). The van der Waals surface area contributed by atoms with Crippen molar-refractivity contribution < 1.29 is 9.53 Å². The van der Waals surface area contributed by atoms with Gasteiger partial charge in [-0.3, -0.25) is 0 Å². The van der Waals surface area contributed by atoms with Crippen LogP contribution in [0.5, 0.6) is 0 Å². The van der Waals surface area contributed by atoms with Crippen molar-refractivity contribution in [2.24, 2.45) is 0 Å². The highest BCUT2D eigenvalue weighted by Gasteiger charge is 2.02. The Morgan fingerprint density at radius 1 is 1.41 bits per heavy atom. The third-order valence-corrected chi connectivity index (χ3v) is 3.81. The van der Waals surface area contributed by atoms with E-state index in [-0.39, 0.29) is 5.97 Å². The number of esters is 1. The van der Waals surface area contributed by atoms with Crippen LogP contribution in [-0.2, 0) is 9.53 Å². The molecule has 0 aromatic heterocycles. The van der Waals surface area contributed by atoms with Gasteiger partial charge in [-0.1, -0.05) is 31.4 Å². The van der Waals surface area contributed by atoms with Crippen molar-refractivity contribution >= 4 is 29.5 Å². The smallest absolute Gasteiger partial charge is 0.330 e. The number of carbonyl (C=O) groups is 1. The molecule has 0 heterocycles. The van der Waals surface area contributed by atoms with Crippen LogP contribution in [0.15, 0.2) is 66.1 Å². The van der Waals surface area contributed by atoms with Crippen molar-refractivity contribution in [1.82, 2.24) is 0 Å². The summed E-state index contributed by atoms with van der Waals surface area (Å²) in [5.41, 5.74) is 8.44. The molecule has 1 aromatic carbocycles. The Kier molecular flexibility index (Phi) is 7.86. The summed E-state index contributed by atoms with van der Waals surface area (Å²) in [6, 6.07) is 5.73. The lowest BCUT2D eigenvalue weighted by Gasteiger charge is -2.06. The molecule has 0 spiro atoms. The molecule has 0 radical (unpaired) electrons. The molecule has 3 nitrogen and oxygen atoms in total. The summed E-state index contributed by atoms with van der Waals surface area (Å²) in [5, 5.41) is 0. The molecule has 4 heteroatoms. The lowest BCUT2D eigenvalue weighted by atomic mass is 10.1. The number of allylic oxidation sites excluding steroid dienone is 3. The maximum atomic E-state index is 11.4. The predicted octanol–water partition coefficient (Wildman–Crippen LogP) is 4.24. The first-order chi connectivity index (χ1) is 10.6. The van der Waals surface area contributed by atoms with E-state index in [0.717, 1.165) is 21.8 Å². The van der Waals surface area contributed by atoms with E-state index in [2.05, 4.69) is 13.2 Å². The number of nitrogens with two attached hydrogens (primary N) is 1. The van der Waals surface area contributed by atoms with E-state index >= 15 is 0 Å². The fraction of sp³-hybridized carbons (Fsp3) is 0.167. The Morgan fingerprint density at radius 2 is 2.18 bits per heavy atom. The van der Waals surface area contributed by atoms with Gasteiger partial charge in [-0.2, -0.15) is 0 Å². The van der Waals surface area contributed by atoms with Crippen LogP contribution in [0.4, 0.5) is 5.69 Å². The van der Waals surface area contributed by atoms with Gasteiger partial charge in [0, 0.05) is 22.4 Å². The third kappa shape index (κ3) is 6.06. The van der Waals surface area contributed by atoms with Gasteiger partial charge in [0.05, 0.1) is 6.61 Å². The van der Waals surface area contributed by atoms with Crippen LogP contribution in [0, 0.1) is 0 Å². The molecule has 0 saturated carbocycles. The third-order valence-electron chi connectivity index (χ3n) is 2.74. The number of anilines is 1. The van der Waals surface area contributed by atoms with E-state index in [1.807, 2.05) is 30.4 Å². The fourth-order valence-corrected chi connectivity index (χ4v) is 2.55. The number of thioether (sulfide) groups is 1. The van der Waals surface area contributed by atoms with Crippen LogP contribution < -0.4 is 5.73 Å². The quantitative estimate of drug-likeness (QED) is 0.256. The number of benzene rings is 1. The number of hydrogen-bond acceptors (Lipinski definition) is 4. The van der Waals surface area contributed by atoms with Gasteiger partial charge in [0.2, 0.25) is 0 Å². The maximum absolute atomic E-state index is 11.4. The van der Waals surface area contributed by atoms with Gasteiger partial charge >= 0.3 is 5.97 Å². The monoisotopic (exact) mass is 315 g/mol. The lowest BCUT2D eigenvalue weighted by Crippen LogP contribution is -1.99.